The third kappa shape index (κ3) is 4.38. The summed E-state index contributed by atoms with van der Waals surface area (Å²) >= 11 is 0. The molecular weight excluding hydrogens is 212 g/mol. The van der Waals surface area contributed by atoms with Gasteiger partial charge >= 0.3 is 0 Å². The molecule has 1 amide bonds. The zero-order valence-corrected chi connectivity index (χ0v) is 11.3. The molecular formula is C14H24N2O. The standard InChI is InChI=1S/C14H24N2O/c1-12-7-6-10-16(13(12)17)9-5-4-8-14(2,3)11-15/h12H,4-10H2,1-3H3. The summed E-state index contributed by atoms with van der Waals surface area (Å²) < 4.78 is 0. The predicted molar refractivity (Wildman–Crippen MR) is 68.2 cm³/mol. The van der Waals surface area contributed by atoms with Crippen molar-refractivity contribution in [2.45, 2.75) is 52.9 Å². The first-order valence-corrected chi connectivity index (χ1v) is 6.66. The summed E-state index contributed by atoms with van der Waals surface area (Å²) in [7, 11) is 0. The Labute approximate surface area is 105 Å². The summed E-state index contributed by atoms with van der Waals surface area (Å²) in [6, 6.07) is 2.32. The van der Waals surface area contributed by atoms with Gasteiger partial charge in [0.2, 0.25) is 5.91 Å². The molecule has 0 aromatic heterocycles. The molecule has 0 bridgehead atoms. The van der Waals surface area contributed by atoms with Gasteiger partial charge in [0.05, 0.1) is 11.5 Å². The van der Waals surface area contributed by atoms with E-state index in [1.807, 2.05) is 25.7 Å². The lowest BCUT2D eigenvalue weighted by Gasteiger charge is -2.30. The van der Waals surface area contributed by atoms with Crippen LogP contribution in [0, 0.1) is 22.7 Å². The first-order chi connectivity index (χ1) is 7.96. The smallest absolute Gasteiger partial charge is 0.225 e. The van der Waals surface area contributed by atoms with Crippen molar-refractivity contribution >= 4 is 5.91 Å². The maximum atomic E-state index is 11.8. The van der Waals surface area contributed by atoms with Crippen molar-refractivity contribution in [1.82, 2.24) is 4.90 Å². The van der Waals surface area contributed by atoms with Crippen LogP contribution in [-0.2, 0) is 4.79 Å². The molecule has 1 rings (SSSR count). The molecule has 3 nitrogen and oxygen atoms in total. The van der Waals surface area contributed by atoms with Gasteiger partial charge in [0.25, 0.3) is 0 Å². The van der Waals surface area contributed by atoms with E-state index in [0.29, 0.717) is 5.91 Å². The van der Waals surface area contributed by atoms with Gasteiger partial charge in [0.1, 0.15) is 0 Å². The van der Waals surface area contributed by atoms with Crippen molar-refractivity contribution in [3.63, 3.8) is 0 Å². The van der Waals surface area contributed by atoms with Gasteiger partial charge < -0.3 is 4.90 Å². The average Bonchev–Trinajstić information content (AvgIpc) is 2.30. The van der Waals surface area contributed by atoms with Crippen molar-refractivity contribution < 1.29 is 4.79 Å². The molecule has 96 valence electrons. The third-order valence-electron chi connectivity index (χ3n) is 3.58. The van der Waals surface area contributed by atoms with E-state index in [1.165, 1.54) is 0 Å². The number of likely N-dealkylation sites (tertiary alicyclic amines) is 1. The number of unbranched alkanes of at least 4 members (excludes halogenated alkanes) is 1. The molecule has 1 unspecified atom stereocenters. The van der Waals surface area contributed by atoms with E-state index in [9.17, 15) is 4.79 Å². The first-order valence-electron chi connectivity index (χ1n) is 6.66. The summed E-state index contributed by atoms with van der Waals surface area (Å²) in [5.41, 5.74) is -0.223. The second kappa shape index (κ2) is 6.05. The van der Waals surface area contributed by atoms with Gasteiger partial charge in [-0.25, -0.2) is 0 Å². The van der Waals surface area contributed by atoms with Crippen LogP contribution in [0.25, 0.3) is 0 Å². The van der Waals surface area contributed by atoms with Crippen molar-refractivity contribution in [3.05, 3.63) is 0 Å². The molecule has 1 aliphatic rings. The lowest BCUT2D eigenvalue weighted by Crippen LogP contribution is -2.40. The number of nitriles is 1. The van der Waals surface area contributed by atoms with Crippen LogP contribution in [0.4, 0.5) is 0 Å². The van der Waals surface area contributed by atoms with Gasteiger partial charge in [0, 0.05) is 19.0 Å². The number of carbonyl (C=O) groups is 1. The Morgan fingerprint density at radius 1 is 1.47 bits per heavy atom. The second-order valence-corrected chi connectivity index (χ2v) is 5.82. The Bertz CT molecular complexity index is 304. The molecule has 1 saturated heterocycles. The number of amides is 1. The van der Waals surface area contributed by atoms with Crippen LogP contribution in [0.5, 0.6) is 0 Å². The van der Waals surface area contributed by atoms with Crippen LogP contribution in [0.2, 0.25) is 0 Å². The Morgan fingerprint density at radius 2 is 2.18 bits per heavy atom. The summed E-state index contributed by atoms with van der Waals surface area (Å²) in [6.07, 6.45) is 5.14. The van der Waals surface area contributed by atoms with E-state index in [4.69, 9.17) is 5.26 Å². The lowest BCUT2D eigenvalue weighted by atomic mass is 9.89. The molecule has 1 fully saturated rings. The van der Waals surface area contributed by atoms with E-state index in [-0.39, 0.29) is 11.3 Å². The summed E-state index contributed by atoms with van der Waals surface area (Å²) in [6.45, 7) is 7.75. The van der Waals surface area contributed by atoms with Crippen molar-refractivity contribution in [2.75, 3.05) is 13.1 Å². The Hall–Kier alpha value is -1.04. The van der Waals surface area contributed by atoms with Gasteiger partial charge in [0.15, 0.2) is 0 Å². The fourth-order valence-corrected chi connectivity index (χ4v) is 2.28. The number of hydrogen-bond acceptors (Lipinski definition) is 2. The lowest BCUT2D eigenvalue weighted by molar-refractivity contribution is -0.137. The molecule has 0 spiro atoms. The van der Waals surface area contributed by atoms with Crippen LogP contribution in [0.15, 0.2) is 0 Å². The van der Waals surface area contributed by atoms with Crippen LogP contribution < -0.4 is 0 Å². The van der Waals surface area contributed by atoms with Crippen LogP contribution in [0.1, 0.15) is 52.9 Å². The van der Waals surface area contributed by atoms with Crippen molar-refractivity contribution in [2.24, 2.45) is 11.3 Å². The fourth-order valence-electron chi connectivity index (χ4n) is 2.28. The molecule has 0 radical (unpaired) electrons. The van der Waals surface area contributed by atoms with E-state index in [0.717, 1.165) is 45.2 Å². The van der Waals surface area contributed by atoms with E-state index in [1.54, 1.807) is 0 Å². The summed E-state index contributed by atoms with van der Waals surface area (Å²) in [4.78, 5) is 13.8. The molecule has 0 N–H and O–H groups in total. The topological polar surface area (TPSA) is 44.1 Å². The van der Waals surface area contributed by atoms with Crippen LogP contribution >= 0.6 is 0 Å². The summed E-state index contributed by atoms with van der Waals surface area (Å²) in [5.74, 6) is 0.523. The largest absolute Gasteiger partial charge is 0.342 e. The maximum Gasteiger partial charge on any atom is 0.225 e. The zero-order chi connectivity index (χ0) is 12.9. The molecule has 0 saturated carbocycles. The normalized spacial score (nSPS) is 21.4. The van der Waals surface area contributed by atoms with E-state index in [2.05, 4.69) is 6.07 Å². The zero-order valence-electron chi connectivity index (χ0n) is 11.3. The maximum absolute atomic E-state index is 11.8. The van der Waals surface area contributed by atoms with E-state index >= 15 is 0 Å². The predicted octanol–water partition coefficient (Wildman–Crippen LogP) is 2.96. The van der Waals surface area contributed by atoms with Crippen molar-refractivity contribution in [1.29, 1.82) is 5.26 Å². The highest BCUT2D eigenvalue weighted by Gasteiger charge is 2.24. The Balaban J connectivity index is 2.23. The first kappa shape index (κ1) is 14.0. The number of hydrogen-bond donors (Lipinski definition) is 0. The molecule has 0 aliphatic carbocycles. The highest BCUT2D eigenvalue weighted by molar-refractivity contribution is 5.79. The molecule has 1 heterocycles. The molecule has 17 heavy (non-hydrogen) atoms. The molecule has 0 aromatic carbocycles. The highest BCUT2D eigenvalue weighted by Crippen LogP contribution is 2.22. The quantitative estimate of drug-likeness (QED) is 0.689. The van der Waals surface area contributed by atoms with Gasteiger partial charge in [-0.3, -0.25) is 4.79 Å². The minimum atomic E-state index is -0.223. The Morgan fingerprint density at radius 3 is 2.82 bits per heavy atom. The highest BCUT2D eigenvalue weighted by atomic mass is 16.2. The van der Waals surface area contributed by atoms with Crippen LogP contribution in [-0.4, -0.2) is 23.9 Å². The second-order valence-electron chi connectivity index (χ2n) is 5.82. The van der Waals surface area contributed by atoms with Gasteiger partial charge in [-0.15, -0.1) is 0 Å². The number of rotatable bonds is 5. The minimum absolute atomic E-state index is 0.208. The van der Waals surface area contributed by atoms with E-state index < -0.39 is 0 Å². The summed E-state index contributed by atoms with van der Waals surface area (Å²) in [5, 5.41) is 8.90. The van der Waals surface area contributed by atoms with Crippen LogP contribution in [0.3, 0.4) is 0 Å². The molecule has 3 heteroatoms. The minimum Gasteiger partial charge on any atom is -0.342 e. The number of piperidine rings is 1. The number of nitrogens with zero attached hydrogens (tertiary/aromatic N) is 2. The van der Waals surface area contributed by atoms with Gasteiger partial charge in [-0.05, 0) is 39.5 Å². The number of carbonyl (C=O) groups excluding carboxylic acids is 1. The Kier molecular flexibility index (Phi) is 4.99. The fraction of sp³-hybridized carbons (Fsp3) is 0.857. The molecule has 0 aromatic rings. The third-order valence-corrected chi connectivity index (χ3v) is 3.58. The monoisotopic (exact) mass is 236 g/mol. The average molecular weight is 236 g/mol. The molecule has 1 atom stereocenters. The van der Waals surface area contributed by atoms with Gasteiger partial charge in [-0.2, -0.15) is 5.26 Å². The van der Waals surface area contributed by atoms with Crippen molar-refractivity contribution in [3.8, 4) is 6.07 Å². The van der Waals surface area contributed by atoms with Gasteiger partial charge in [-0.1, -0.05) is 13.3 Å². The SMILES string of the molecule is CC1CCCN(CCCCC(C)(C)C#N)C1=O. The molecule has 1 aliphatic heterocycles.